The first-order valence-electron chi connectivity index (χ1n) is 39.6. The molecule has 16 heteroatoms. The van der Waals surface area contributed by atoms with E-state index in [1.165, 1.54) is 91.0 Å². The van der Waals surface area contributed by atoms with Crippen molar-refractivity contribution in [2.24, 2.45) is 28.2 Å². The molecule has 0 amide bonds. The summed E-state index contributed by atoms with van der Waals surface area (Å²) in [5, 5.41) is 0. The van der Waals surface area contributed by atoms with Crippen molar-refractivity contribution in [2.75, 3.05) is 0 Å². The summed E-state index contributed by atoms with van der Waals surface area (Å²) in [4.78, 5) is 0. The number of aromatic nitrogens is 8. The SMILES string of the molecule is Cc1cc(-c2ccccc2)cc(C)c1-c1c[n+](-c2c(C)cc(F)cc2F)n(C)c1C.Cc1cc(F)cc(F)c1-[n+]1cc(-c2c(C(C)C)cc(-c3ccccc3)cc2C(C)C)c(C)n1C.Cc1cc(F)cc(F)c1-[n+]1cc(-c2c(C(C)C)cccc2C(C)C)c(C)n1C.Cc1cccc(C)c1-c1c[n+](-c2c(C)cc(F)cc2F)n(C)c1C. The Bertz CT molecular complexity index is 5840. The minimum absolute atomic E-state index is 0.300. The first-order chi connectivity index (χ1) is 54.8. The quantitative estimate of drug-likeness (QED) is 0.0768. The van der Waals surface area contributed by atoms with Crippen LogP contribution in [0.3, 0.4) is 0 Å². The van der Waals surface area contributed by atoms with Crippen molar-refractivity contribution in [1.29, 1.82) is 0 Å². The second kappa shape index (κ2) is 34.9. The van der Waals surface area contributed by atoms with E-state index in [-0.39, 0.29) is 0 Å². The van der Waals surface area contributed by atoms with Crippen LogP contribution in [0.2, 0.25) is 0 Å². The third kappa shape index (κ3) is 17.1. The molecule has 14 aromatic rings. The second-order valence-electron chi connectivity index (χ2n) is 32.1. The van der Waals surface area contributed by atoms with E-state index in [0.29, 0.717) is 68.7 Å². The third-order valence-corrected chi connectivity index (χ3v) is 22.7. The van der Waals surface area contributed by atoms with E-state index < -0.39 is 46.5 Å². The Hall–Kier alpha value is -11.5. The van der Waals surface area contributed by atoms with Gasteiger partial charge in [-0.3, -0.25) is 0 Å². The van der Waals surface area contributed by atoms with Gasteiger partial charge in [-0.05, 0) is 220 Å². The molecule has 600 valence electrons. The molecule has 0 N–H and O–H groups in total. The van der Waals surface area contributed by atoms with Gasteiger partial charge in [0.2, 0.25) is 24.8 Å². The van der Waals surface area contributed by atoms with Crippen LogP contribution in [0.4, 0.5) is 35.1 Å². The fourth-order valence-electron chi connectivity index (χ4n) is 16.3. The first-order valence-corrected chi connectivity index (χ1v) is 39.6. The van der Waals surface area contributed by atoms with Crippen LogP contribution in [0.5, 0.6) is 0 Å². The van der Waals surface area contributed by atoms with Gasteiger partial charge in [-0.15, -0.1) is 0 Å². The zero-order valence-corrected chi connectivity index (χ0v) is 71.4. The number of hydrogen-bond donors (Lipinski definition) is 0. The fourth-order valence-corrected chi connectivity index (χ4v) is 16.3. The molecule has 4 heterocycles. The van der Waals surface area contributed by atoms with Gasteiger partial charge < -0.3 is 0 Å². The number of rotatable bonds is 14. The maximum absolute atomic E-state index is 14.9. The molecular weight excluding hydrogens is 1470 g/mol. The average Bonchev–Trinajstić information content (AvgIpc) is 1.62. The van der Waals surface area contributed by atoms with Crippen molar-refractivity contribution in [2.45, 2.75) is 162 Å². The van der Waals surface area contributed by atoms with Crippen molar-refractivity contribution in [3.63, 3.8) is 0 Å². The standard InChI is InChI=1S/C30H33F2N2.C26H25F2N2.C24H29F2N2.C20H21F2N2/c1-18(2)25-14-23(22-11-9-8-10-12-22)15-26(19(3)4)29(25)27-17-34(33(7)21(27)6)30-20(5)13-24(31)16-28(30)32;1-16-11-21(20-9-7-6-8-10-20)12-17(2)25(16)23-15-30(29(5)19(23)4)26-18(3)13-22(27)14-24(26)28;1-14(2)19-9-8-10-20(15(3)4)23(19)21-13-28(27(7)17(21)6)24-16(5)11-18(25)12-22(24)26;1-12-7-6-8-13(2)19(12)17-11-24(23(5)15(17)4)20-14(3)9-16(21)10-18(20)22/h8-19H,1-7H3;6-15H,1-5H3;8-15H,1-7H3;6-11H,1-5H3/q4*+1. The van der Waals surface area contributed by atoms with Gasteiger partial charge in [-0.25, -0.2) is 17.6 Å². The van der Waals surface area contributed by atoms with Crippen LogP contribution in [0.25, 0.3) is 89.5 Å². The van der Waals surface area contributed by atoms with Gasteiger partial charge >= 0.3 is 0 Å². The van der Waals surface area contributed by atoms with E-state index in [9.17, 15) is 35.1 Å². The summed E-state index contributed by atoms with van der Waals surface area (Å²) in [5.74, 6) is -3.18. The lowest BCUT2D eigenvalue weighted by Gasteiger charge is -2.21. The molecule has 116 heavy (non-hydrogen) atoms. The molecule has 0 bridgehead atoms. The molecule has 0 aliphatic carbocycles. The highest BCUT2D eigenvalue weighted by Gasteiger charge is 2.34. The Morgan fingerprint density at radius 2 is 0.474 bits per heavy atom. The maximum Gasteiger partial charge on any atom is 0.274 e. The molecule has 0 aliphatic rings. The number of hydrogen-bond acceptors (Lipinski definition) is 0. The van der Waals surface area contributed by atoms with E-state index in [4.69, 9.17) is 0 Å². The lowest BCUT2D eigenvalue weighted by molar-refractivity contribution is -0.684. The van der Waals surface area contributed by atoms with Gasteiger partial charge in [0.05, 0.1) is 73.2 Å². The molecule has 0 aliphatic heterocycles. The van der Waals surface area contributed by atoms with Crippen LogP contribution in [0.1, 0.15) is 169 Å². The molecule has 0 fully saturated rings. The second-order valence-corrected chi connectivity index (χ2v) is 32.1. The van der Waals surface area contributed by atoms with Crippen molar-refractivity contribution >= 4 is 0 Å². The predicted octanol–water partition coefficient (Wildman–Crippen LogP) is 24.5. The highest BCUT2D eigenvalue weighted by molar-refractivity contribution is 5.81. The largest absolute Gasteiger partial charge is 0.274 e. The van der Waals surface area contributed by atoms with Gasteiger partial charge in [0.15, 0.2) is 23.3 Å². The van der Waals surface area contributed by atoms with Crippen LogP contribution in [0.15, 0.2) is 195 Å². The van der Waals surface area contributed by atoms with E-state index >= 15 is 0 Å². The number of aryl methyl sites for hydroxylation is 8. The smallest absolute Gasteiger partial charge is 0.207 e. The summed E-state index contributed by atoms with van der Waals surface area (Å²) in [7, 11) is 7.61. The van der Waals surface area contributed by atoms with Gasteiger partial charge in [-0.2, -0.15) is 36.3 Å². The number of benzene rings is 10. The molecule has 0 saturated heterocycles. The summed E-state index contributed by atoms with van der Waals surface area (Å²) in [6.07, 6.45) is 7.84. The van der Waals surface area contributed by atoms with Crippen molar-refractivity contribution < 1.29 is 53.9 Å². The average molecular weight is 1570 g/mol. The summed E-state index contributed by atoms with van der Waals surface area (Å²) < 4.78 is 128. The van der Waals surface area contributed by atoms with Crippen molar-refractivity contribution in [3.05, 3.63) is 331 Å². The topological polar surface area (TPSA) is 35.2 Å². The lowest BCUT2D eigenvalue weighted by atomic mass is 9.82. The van der Waals surface area contributed by atoms with Gasteiger partial charge in [0.25, 0.3) is 22.7 Å². The Balaban J connectivity index is 0.000000153. The van der Waals surface area contributed by atoms with Gasteiger partial charge in [-0.1, -0.05) is 195 Å². The monoisotopic (exact) mass is 1570 g/mol. The van der Waals surface area contributed by atoms with Gasteiger partial charge in [0, 0.05) is 46.5 Å². The van der Waals surface area contributed by atoms with Crippen LogP contribution in [-0.4, -0.2) is 18.7 Å². The van der Waals surface area contributed by atoms with E-state index in [0.717, 1.165) is 91.5 Å². The Labute approximate surface area is 679 Å². The molecule has 0 atom stereocenters. The van der Waals surface area contributed by atoms with Gasteiger partial charge in [0.1, 0.15) is 23.3 Å². The number of nitrogens with zero attached hydrogens (tertiary/aromatic N) is 8. The van der Waals surface area contributed by atoms with Crippen LogP contribution < -0.4 is 18.7 Å². The van der Waals surface area contributed by atoms with Crippen LogP contribution >= 0.6 is 0 Å². The molecule has 0 radical (unpaired) electrons. The predicted molar refractivity (Wildman–Crippen MR) is 453 cm³/mol. The Morgan fingerprint density at radius 1 is 0.233 bits per heavy atom. The first kappa shape index (κ1) is 85.4. The molecular formula is C100H108F8N8+4. The zero-order valence-electron chi connectivity index (χ0n) is 71.4. The zero-order chi connectivity index (χ0) is 84.6. The maximum atomic E-state index is 14.9. The normalized spacial score (nSPS) is 11.4. The Morgan fingerprint density at radius 3 is 0.741 bits per heavy atom. The third-order valence-electron chi connectivity index (χ3n) is 22.7. The molecule has 10 aromatic carbocycles. The molecule has 14 rings (SSSR count). The van der Waals surface area contributed by atoms with E-state index in [2.05, 4.69) is 181 Å². The minimum Gasteiger partial charge on any atom is -0.207 e. The summed E-state index contributed by atoms with van der Waals surface area (Å²) in [6.45, 7) is 41.0. The summed E-state index contributed by atoms with van der Waals surface area (Å²) in [5.41, 5.74) is 31.3. The molecule has 4 aromatic heterocycles. The van der Waals surface area contributed by atoms with Crippen LogP contribution in [-0.2, 0) is 28.2 Å². The summed E-state index contributed by atoms with van der Waals surface area (Å²) >= 11 is 0. The minimum atomic E-state index is -0.572. The molecule has 8 nitrogen and oxygen atoms in total. The molecule has 0 saturated carbocycles. The van der Waals surface area contributed by atoms with Crippen LogP contribution in [0, 0.1) is 130 Å². The molecule has 0 spiro atoms. The van der Waals surface area contributed by atoms with Crippen molar-refractivity contribution in [1.82, 2.24) is 18.7 Å². The highest BCUT2D eigenvalue weighted by Crippen LogP contribution is 2.43. The molecule has 0 unspecified atom stereocenters. The van der Waals surface area contributed by atoms with E-state index in [1.807, 2.05) is 123 Å². The lowest BCUT2D eigenvalue weighted by Crippen LogP contribution is -2.41. The number of halogens is 8. The van der Waals surface area contributed by atoms with E-state index in [1.54, 1.807) is 46.4 Å². The van der Waals surface area contributed by atoms with Crippen molar-refractivity contribution in [3.8, 4) is 89.5 Å². The highest BCUT2D eigenvalue weighted by atomic mass is 19.2. The Kier molecular flexibility index (Phi) is 25.7. The fraction of sp³-hybridized carbons (Fsp3) is 0.280. The summed E-state index contributed by atoms with van der Waals surface area (Å²) in [6, 6.07) is 51.6.